The van der Waals surface area contributed by atoms with Crippen LogP contribution in [0.25, 0.3) is 0 Å². The molecule has 0 spiro atoms. The lowest BCUT2D eigenvalue weighted by Gasteiger charge is -2.21. The molecule has 0 bridgehead atoms. The summed E-state index contributed by atoms with van der Waals surface area (Å²) in [6.07, 6.45) is 93.2. The average Bonchev–Trinajstić information content (AvgIpc) is 0.907. The molecule has 0 heterocycles. The lowest BCUT2D eigenvalue weighted by Crippen LogP contribution is -2.30. The van der Waals surface area contributed by atoms with Gasteiger partial charge in [0.25, 0.3) is 0 Å². The Balaban J connectivity index is 5.50. The van der Waals surface area contributed by atoms with Gasteiger partial charge < -0.3 is 33.8 Å². The van der Waals surface area contributed by atoms with E-state index in [1.165, 1.54) is 25.7 Å². The van der Waals surface area contributed by atoms with Crippen molar-refractivity contribution in [2.75, 3.05) is 39.6 Å². The quantitative estimate of drug-likeness (QED) is 0.0169. The van der Waals surface area contributed by atoms with E-state index in [-0.39, 0.29) is 25.7 Å². The van der Waals surface area contributed by atoms with Crippen molar-refractivity contribution >= 4 is 39.5 Å². The van der Waals surface area contributed by atoms with Gasteiger partial charge in [-0.15, -0.1) is 0 Å². The molecule has 0 aliphatic rings. The fourth-order valence-corrected chi connectivity index (χ4v) is 11.5. The second-order valence-corrected chi connectivity index (χ2v) is 28.8. The molecule has 106 heavy (non-hydrogen) atoms. The third kappa shape index (κ3) is 76.4. The molecule has 0 aliphatic heterocycles. The fraction of sp³-hybridized carbons (Fsp3) is 0.609. The Kier molecular flexibility index (Phi) is 73.1. The standard InChI is InChI=1S/C87H140O17P2/c1-5-9-13-17-21-25-29-33-36-39-40-43-45-49-52-56-60-64-68-72-85(90)98-78-83(104-87(92)74-70-66-62-58-54-50-46-42-38-35-31-27-23-19-15-11-7-3)80-102-106(95,96)100-76-81(88)75-99-105(93,94)101-79-82(103-86(91)73-69-65-61-57-53-47-32-28-24-20-16-12-8-4)77-97-84(89)71-67-63-59-55-51-48-44-41-37-34-30-26-22-18-14-10-6-2/h9-11,13-15,21-23,25-28,32-38,40,43,46,49-50,52,58,60,62,64,81-83,88H,5-8,12,16-20,24,29-31,39,41-42,44-45,47-48,51,53-57,59,61,63,65-80H2,1-4H3,(H,93,94)(H,95,96)/b13-9-,14-10-,15-11-,25-21-,26-22-,27-23-,32-28-,36-33-,37-34-,38-35-,43-40-,50-46-,52-49-,62-58-,64-60-. The number of phosphoric acid groups is 2. The van der Waals surface area contributed by atoms with Crippen LogP contribution in [0.4, 0.5) is 0 Å². The molecule has 5 unspecified atom stereocenters. The van der Waals surface area contributed by atoms with Gasteiger partial charge in [-0.25, -0.2) is 9.13 Å². The van der Waals surface area contributed by atoms with E-state index in [0.717, 1.165) is 167 Å². The summed E-state index contributed by atoms with van der Waals surface area (Å²) in [6.45, 7) is 4.33. The Morgan fingerprint density at radius 3 is 0.858 bits per heavy atom. The summed E-state index contributed by atoms with van der Waals surface area (Å²) in [4.78, 5) is 73.0. The summed E-state index contributed by atoms with van der Waals surface area (Å²) in [6, 6.07) is 0. The van der Waals surface area contributed by atoms with Gasteiger partial charge in [-0.2, -0.15) is 0 Å². The Hall–Kier alpha value is -5.84. The number of phosphoric ester groups is 2. The van der Waals surface area contributed by atoms with E-state index in [4.69, 9.17) is 37.0 Å². The van der Waals surface area contributed by atoms with Crippen LogP contribution in [0.2, 0.25) is 0 Å². The van der Waals surface area contributed by atoms with E-state index in [0.29, 0.717) is 38.5 Å². The number of hydrogen-bond acceptors (Lipinski definition) is 15. The van der Waals surface area contributed by atoms with Crippen LogP contribution >= 0.6 is 15.6 Å². The van der Waals surface area contributed by atoms with Crippen molar-refractivity contribution in [1.29, 1.82) is 0 Å². The molecule has 5 atom stereocenters. The summed E-state index contributed by atoms with van der Waals surface area (Å²) < 4.78 is 68.5. The number of aliphatic hydroxyl groups is 1. The molecule has 0 aromatic carbocycles. The zero-order valence-electron chi connectivity index (χ0n) is 65.5. The Bertz CT molecular complexity index is 2730. The number of aliphatic hydroxyl groups excluding tert-OH is 1. The predicted octanol–water partition coefficient (Wildman–Crippen LogP) is 23.6. The van der Waals surface area contributed by atoms with Gasteiger partial charge in [0.15, 0.2) is 12.2 Å². The summed E-state index contributed by atoms with van der Waals surface area (Å²) in [5.41, 5.74) is 0. The number of unbranched alkanes of at least 4 members (excludes halogenated alkanes) is 17. The molecule has 0 aromatic rings. The molecule has 0 saturated carbocycles. The lowest BCUT2D eigenvalue weighted by atomic mass is 10.1. The second kappa shape index (κ2) is 77.3. The predicted molar refractivity (Wildman–Crippen MR) is 436 cm³/mol. The minimum Gasteiger partial charge on any atom is -0.462 e. The molecule has 600 valence electrons. The number of rotatable bonds is 73. The van der Waals surface area contributed by atoms with E-state index >= 15 is 0 Å². The molecule has 0 amide bonds. The Morgan fingerprint density at radius 1 is 0.274 bits per heavy atom. The molecule has 0 saturated heterocycles. The van der Waals surface area contributed by atoms with Crippen LogP contribution in [0, 0.1) is 0 Å². The van der Waals surface area contributed by atoms with Gasteiger partial charge in [0, 0.05) is 25.7 Å². The lowest BCUT2D eigenvalue weighted by molar-refractivity contribution is -0.161. The van der Waals surface area contributed by atoms with Gasteiger partial charge in [0.05, 0.1) is 26.4 Å². The maximum Gasteiger partial charge on any atom is 0.472 e. The number of allylic oxidation sites excluding steroid dienone is 30. The van der Waals surface area contributed by atoms with Crippen molar-refractivity contribution in [1.82, 2.24) is 0 Å². The highest BCUT2D eigenvalue weighted by atomic mass is 31.2. The van der Waals surface area contributed by atoms with E-state index in [1.807, 2.05) is 30.4 Å². The third-order valence-electron chi connectivity index (χ3n) is 15.9. The van der Waals surface area contributed by atoms with E-state index in [2.05, 4.69) is 180 Å². The molecule has 0 rings (SSSR count). The first-order valence-electron chi connectivity index (χ1n) is 40.0. The highest BCUT2D eigenvalue weighted by Gasteiger charge is 2.30. The molecular weight excluding hydrogens is 1380 g/mol. The Labute approximate surface area is 641 Å². The third-order valence-corrected chi connectivity index (χ3v) is 17.8. The van der Waals surface area contributed by atoms with Crippen molar-refractivity contribution in [3.05, 3.63) is 182 Å². The summed E-state index contributed by atoms with van der Waals surface area (Å²) in [5, 5.41) is 10.6. The molecule has 0 aliphatic carbocycles. The zero-order valence-corrected chi connectivity index (χ0v) is 67.3. The normalized spacial score (nSPS) is 14.8. The van der Waals surface area contributed by atoms with Crippen molar-refractivity contribution in [3.8, 4) is 0 Å². The molecule has 17 nitrogen and oxygen atoms in total. The first kappa shape index (κ1) is 100. The molecule has 19 heteroatoms. The number of ether oxygens (including phenoxy) is 4. The first-order valence-corrected chi connectivity index (χ1v) is 43.0. The number of esters is 4. The highest BCUT2D eigenvalue weighted by Crippen LogP contribution is 2.45. The number of carbonyl (C=O) groups excluding carboxylic acids is 4. The molecule has 3 N–H and O–H groups in total. The van der Waals surface area contributed by atoms with E-state index < -0.39 is 97.5 Å². The topological polar surface area (TPSA) is 237 Å². The van der Waals surface area contributed by atoms with Crippen LogP contribution in [0.15, 0.2) is 182 Å². The number of hydrogen-bond donors (Lipinski definition) is 3. The van der Waals surface area contributed by atoms with Crippen molar-refractivity contribution in [3.63, 3.8) is 0 Å². The van der Waals surface area contributed by atoms with Crippen molar-refractivity contribution in [2.24, 2.45) is 0 Å². The van der Waals surface area contributed by atoms with Gasteiger partial charge in [-0.05, 0) is 161 Å². The average molecular weight is 1520 g/mol. The van der Waals surface area contributed by atoms with Gasteiger partial charge in [-0.1, -0.05) is 281 Å². The monoisotopic (exact) mass is 1520 g/mol. The van der Waals surface area contributed by atoms with E-state index in [1.54, 1.807) is 0 Å². The summed E-state index contributed by atoms with van der Waals surface area (Å²) in [7, 11) is -10.0. The SMILES string of the molecule is CC/C=C\C/C=C\C/C=C\C/C=C\C/C=C\C/C=C\CCC(=O)OCC(COP(=O)(O)OCC(O)COP(=O)(O)OCC(COC(=O)CCCCCCCCC/C=C\C/C=C\C/C=C\CC)OC(=O)CCCCCCC/C=C\CCCCCC)OC(=O)CCC/C=C\C/C=C\C/C=C\C/C=C\C/C=C\CC. The fourth-order valence-electron chi connectivity index (χ4n) is 9.88. The minimum absolute atomic E-state index is 0.00651. The molecule has 0 fully saturated rings. The van der Waals surface area contributed by atoms with Crippen LogP contribution in [-0.4, -0.2) is 96.7 Å². The maximum absolute atomic E-state index is 13.1. The smallest absolute Gasteiger partial charge is 0.462 e. The number of carbonyl (C=O) groups is 4. The van der Waals surface area contributed by atoms with Crippen LogP contribution in [0.3, 0.4) is 0 Å². The van der Waals surface area contributed by atoms with Crippen LogP contribution in [0.5, 0.6) is 0 Å². The van der Waals surface area contributed by atoms with Crippen LogP contribution in [0.1, 0.15) is 285 Å². The van der Waals surface area contributed by atoms with Gasteiger partial charge in [0.2, 0.25) is 0 Å². The van der Waals surface area contributed by atoms with E-state index in [9.17, 15) is 43.2 Å². The summed E-state index contributed by atoms with van der Waals surface area (Å²) >= 11 is 0. The molecular formula is C87H140O17P2. The molecule has 0 radical (unpaired) electrons. The first-order chi connectivity index (χ1) is 51.7. The second-order valence-electron chi connectivity index (χ2n) is 25.9. The maximum atomic E-state index is 13.1. The van der Waals surface area contributed by atoms with Gasteiger partial charge in [0.1, 0.15) is 19.3 Å². The van der Waals surface area contributed by atoms with Gasteiger partial charge >= 0.3 is 39.5 Å². The van der Waals surface area contributed by atoms with Crippen LogP contribution in [-0.2, 0) is 65.4 Å². The van der Waals surface area contributed by atoms with Crippen molar-refractivity contribution in [2.45, 2.75) is 303 Å². The van der Waals surface area contributed by atoms with Crippen molar-refractivity contribution < 1.29 is 80.2 Å². The van der Waals surface area contributed by atoms with Crippen LogP contribution < -0.4 is 0 Å². The zero-order chi connectivity index (χ0) is 77.4. The van der Waals surface area contributed by atoms with Gasteiger partial charge in [-0.3, -0.25) is 37.3 Å². The highest BCUT2D eigenvalue weighted by molar-refractivity contribution is 7.47. The molecule has 0 aromatic heterocycles. The largest absolute Gasteiger partial charge is 0.472 e. The Morgan fingerprint density at radius 2 is 0.519 bits per heavy atom. The summed E-state index contributed by atoms with van der Waals surface area (Å²) in [5.74, 6) is -2.38. The minimum atomic E-state index is -5.02.